The average Bonchev–Trinajstić information content (AvgIpc) is 1.68. The van der Waals surface area contributed by atoms with E-state index >= 15 is 0 Å². The summed E-state index contributed by atoms with van der Waals surface area (Å²) in [4.78, 5) is 19.1. The molecule has 0 aliphatic carbocycles. The van der Waals surface area contributed by atoms with E-state index in [2.05, 4.69) is 0 Å². The van der Waals surface area contributed by atoms with Crippen molar-refractivity contribution in [3.63, 3.8) is 0 Å². The van der Waals surface area contributed by atoms with Crippen LogP contribution in [0, 0.1) is 0 Å². The van der Waals surface area contributed by atoms with Crippen LogP contribution in [-0.4, -0.2) is 18.7 Å². The lowest BCUT2D eigenvalue weighted by molar-refractivity contribution is -0.110. The molecule has 0 amide bonds. The predicted molar refractivity (Wildman–Crippen MR) is 26.3 cm³/mol. The van der Waals surface area contributed by atoms with Crippen LogP contribution < -0.4 is 0 Å². The van der Waals surface area contributed by atoms with E-state index in [0.29, 0.717) is 12.6 Å². The molecule has 0 aliphatic heterocycles. The summed E-state index contributed by atoms with van der Waals surface area (Å²) in [7, 11) is 0. The zero-order chi connectivity index (χ0) is 6.41. The van der Waals surface area contributed by atoms with Gasteiger partial charge in [0.1, 0.15) is 18.7 Å². The molecule has 0 bridgehead atoms. The maximum absolute atomic E-state index is 11.9. The number of halogens is 1. The second-order valence-corrected chi connectivity index (χ2v) is 1.40. The number of alkyl halides is 1. The van der Waals surface area contributed by atoms with E-state index in [1.807, 2.05) is 0 Å². The summed E-state index contributed by atoms with van der Waals surface area (Å²) in [6.45, 7) is 0. The van der Waals surface area contributed by atoms with E-state index in [9.17, 15) is 14.0 Å². The number of carbonyl (C=O) groups is 2. The number of aldehydes is 2. The Balaban J connectivity index is 3.16. The molecule has 0 spiro atoms. The SMILES string of the molecule is O=CCC(F)CC=O. The minimum atomic E-state index is -1.27. The second-order valence-electron chi connectivity index (χ2n) is 1.40. The fraction of sp³-hybridized carbons (Fsp3) is 0.600. The van der Waals surface area contributed by atoms with Gasteiger partial charge in [0.05, 0.1) is 0 Å². The van der Waals surface area contributed by atoms with E-state index in [4.69, 9.17) is 0 Å². The first-order chi connectivity index (χ1) is 3.81. The summed E-state index contributed by atoms with van der Waals surface area (Å²) < 4.78 is 11.9. The van der Waals surface area contributed by atoms with Crippen LogP contribution >= 0.6 is 0 Å². The molecule has 0 saturated heterocycles. The summed E-state index contributed by atoms with van der Waals surface area (Å²) in [5, 5.41) is 0. The highest BCUT2D eigenvalue weighted by Crippen LogP contribution is 1.96. The molecule has 3 heteroatoms. The third-order valence-corrected chi connectivity index (χ3v) is 0.704. The zero-order valence-corrected chi connectivity index (χ0v) is 4.34. The number of rotatable bonds is 4. The molecule has 0 N–H and O–H groups in total. The Kier molecular flexibility index (Phi) is 4.03. The Labute approximate surface area is 46.7 Å². The van der Waals surface area contributed by atoms with Crippen LogP contribution in [0.4, 0.5) is 4.39 Å². The van der Waals surface area contributed by atoms with E-state index in [1.165, 1.54) is 0 Å². The lowest BCUT2D eigenvalue weighted by Gasteiger charge is -1.92. The van der Waals surface area contributed by atoms with Gasteiger partial charge in [0.25, 0.3) is 0 Å². The normalized spacial score (nSPS) is 9.25. The van der Waals surface area contributed by atoms with Crippen LogP contribution in [0.3, 0.4) is 0 Å². The predicted octanol–water partition coefficient (Wildman–Crippen LogP) is 0.502. The Morgan fingerprint density at radius 2 is 1.62 bits per heavy atom. The maximum atomic E-state index is 11.9. The Morgan fingerprint density at radius 3 is 1.88 bits per heavy atom. The molecule has 0 aromatic rings. The Bertz CT molecular complexity index is 72.5. The van der Waals surface area contributed by atoms with Crippen molar-refractivity contribution in [2.75, 3.05) is 0 Å². The van der Waals surface area contributed by atoms with Gasteiger partial charge in [-0.15, -0.1) is 0 Å². The van der Waals surface area contributed by atoms with Gasteiger partial charge < -0.3 is 9.59 Å². The van der Waals surface area contributed by atoms with Crippen LogP contribution in [-0.2, 0) is 9.59 Å². The van der Waals surface area contributed by atoms with Gasteiger partial charge in [-0.05, 0) is 0 Å². The first-order valence-electron chi connectivity index (χ1n) is 2.32. The summed E-state index contributed by atoms with van der Waals surface area (Å²) in [5.74, 6) is 0. The summed E-state index contributed by atoms with van der Waals surface area (Å²) >= 11 is 0. The molecule has 0 fully saturated rings. The number of hydrogen-bond acceptors (Lipinski definition) is 2. The van der Waals surface area contributed by atoms with E-state index in [-0.39, 0.29) is 12.8 Å². The molecule has 0 aromatic heterocycles. The largest absolute Gasteiger partial charge is 0.303 e. The molecule has 0 radical (unpaired) electrons. The molecular formula is C5H7FO2. The molecule has 0 atom stereocenters. The molecule has 0 rings (SSSR count). The molecule has 0 unspecified atom stereocenters. The third-order valence-electron chi connectivity index (χ3n) is 0.704. The van der Waals surface area contributed by atoms with Crippen LogP contribution in [0.1, 0.15) is 12.8 Å². The molecule has 0 aliphatic rings. The van der Waals surface area contributed by atoms with Crippen LogP contribution in [0.5, 0.6) is 0 Å². The van der Waals surface area contributed by atoms with Gasteiger partial charge in [0, 0.05) is 12.8 Å². The molecule has 8 heavy (non-hydrogen) atoms. The standard InChI is InChI=1S/C5H7FO2/c6-5(1-3-7)2-4-8/h3-5H,1-2H2. The highest BCUT2D eigenvalue weighted by Gasteiger charge is 2.01. The van der Waals surface area contributed by atoms with Gasteiger partial charge in [-0.25, -0.2) is 4.39 Å². The Hall–Kier alpha value is -0.730. The maximum Gasteiger partial charge on any atom is 0.122 e. The van der Waals surface area contributed by atoms with Gasteiger partial charge in [-0.3, -0.25) is 0 Å². The summed E-state index contributed by atoms with van der Waals surface area (Å²) in [6.07, 6.45) is -0.676. The number of carbonyl (C=O) groups excluding carboxylic acids is 2. The Morgan fingerprint density at radius 1 is 1.25 bits per heavy atom. The van der Waals surface area contributed by atoms with Crippen molar-refractivity contribution in [1.82, 2.24) is 0 Å². The molecule has 2 nitrogen and oxygen atoms in total. The van der Waals surface area contributed by atoms with Crippen molar-refractivity contribution in [2.24, 2.45) is 0 Å². The highest BCUT2D eigenvalue weighted by atomic mass is 19.1. The fourth-order valence-electron chi connectivity index (χ4n) is 0.305. The van der Waals surface area contributed by atoms with Gasteiger partial charge in [0.2, 0.25) is 0 Å². The molecule has 46 valence electrons. The van der Waals surface area contributed by atoms with E-state index < -0.39 is 6.17 Å². The van der Waals surface area contributed by atoms with Crippen molar-refractivity contribution in [3.8, 4) is 0 Å². The topological polar surface area (TPSA) is 34.1 Å². The molecule has 0 aromatic carbocycles. The summed E-state index contributed by atoms with van der Waals surface area (Å²) in [5.41, 5.74) is 0. The van der Waals surface area contributed by atoms with Crippen molar-refractivity contribution >= 4 is 12.6 Å². The minimum absolute atomic E-state index is 0.168. The third kappa shape index (κ3) is 3.46. The van der Waals surface area contributed by atoms with Crippen LogP contribution in [0.15, 0.2) is 0 Å². The molecule has 0 saturated carbocycles. The molecule has 0 heterocycles. The van der Waals surface area contributed by atoms with E-state index in [1.54, 1.807) is 0 Å². The first kappa shape index (κ1) is 7.27. The van der Waals surface area contributed by atoms with Crippen LogP contribution in [0.25, 0.3) is 0 Å². The van der Waals surface area contributed by atoms with Crippen molar-refractivity contribution in [2.45, 2.75) is 19.0 Å². The minimum Gasteiger partial charge on any atom is -0.303 e. The quantitative estimate of drug-likeness (QED) is 0.504. The smallest absolute Gasteiger partial charge is 0.122 e. The first-order valence-corrected chi connectivity index (χ1v) is 2.32. The van der Waals surface area contributed by atoms with Crippen molar-refractivity contribution in [3.05, 3.63) is 0 Å². The van der Waals surface area contributed by atoms with Gasteiger partial charge >= 0.3 is 0 Å². The lowest BCUT2D eigenvalue weighted by Crippen LogP contribution is -2.00. The van der Waals surface area contributed by atoms with Crippen molar-refractivity contribution in [1.29, 1.82) is 0 Å². The van der Waals surface area contributed by atoms with E-state index in [0.717, 1.165) is 0 Å². The second kappa shape index (κ2) is 4.43. The van der Waals surface area contributed by atoms with Crippen LogP contribution in [0.2, 0.25) is 0 Å². The van der Waals surface area contributed by atoms with Gasteiger partial charge in [0.15, 0.2) is 0 Å². The zero-order valence-electron chi connectivity index (χ0n) is 4.34. The average molecular weight is 118 g/mol. The lowest BCUT2D eigenvalue weighted by atomic mass is 10.2. The fourth-order valence-corrected chi connectivity index (χ4v) is 0.305. The molecular weight excluding hydrogens is 111 g/mol. The van der Waals surface area contributed by atoms with Gasteiger partial charge in [-0.2, -0.15) is 0 Å². The number of hydrogen-bond donors (Lipinski definition) is 0. The highest BCUT2D eigenvalue weighted by molar-refractivity contribution is 5.54. The monoisotopic (exact) mass is 118 g/mol. The van der Waals surface area contributed by atoms with Gasteiger partial charge in [-0.1, -0.05) is 0 Å². The summed E-state index contributed by atoms with van der Waals surface area (Å²) in [6, 6.07) is 0. The van der Waals surface area contributed by atoms with Crippen molar-refractivity contribution < 1.29 is 14.0 Å².